The molecule has 9 heteroatoms. The Morgan fingerprint density at radius 1 is 1.06 bits per heavy atom. The SMILES string of the molecule is CNc1c(-c2cccn3c(C(=O)c4cc(F)c(F)c(F)c4)ccc23)c(OC)cc2c1nc(C)n2C. The van der Waals surface area contributed by atoms with Crippen molar-refractivity contribution in [2.24, 2.45) is 7.05 Å². The fourth-order valence-electron chi connectivity index (χ4n) is 4.46. The maximum atomic E-state index is 13.8. The molecule has 178 valence electrons. The third-order valence-electron chi connectivity index (χ3n) is 6.27. The highest BCUT2D eigenvalue weighted by atomic mass is 19.2. The lowest BCUT2D eigenvalue weighted by molar-refractivity contribution is 0.103. The maximum Gasteiger partial charge on any atom is 0.209 e. The summed E-state index contributed by atoms with van der Waals surface area (Å²) in [5.74, 6) is -3.65. The Hall–Kier alpha value is -4.27. The van der Waals surface area contributed by atoms with Gasteiger partial charge in [-0.1, -0.05) is 6.07 Å². The van der Waals surface area contributed by atoms with E-state index in [1.807, 2.05) is 30.7 Å². The number of halogens is 3. The van der Waals surface area contributed by atoms with Gasteiger partial charge in [-0.15, -0.1) is 0 Å². The molecule has 35 heavy (non-hydrogen) atoms. The lowest BCUT2D eigenvalue weighted by atomic mass is 10.0. The van der Waals surface area contributed by atoms with Gasteiger partial charge in [0.1, 0.15) is 17.1 Å². The number of carbonyl (C=O) groups excluding carboxylic acids is 1. The predicted molar refractivity (Wildman–Crippen MR) is 128 cm³/mol. The first-order valence-electron chi connectivity index (χ1n) is 10.8. The van der Waals surface area contributed by atoms with E-state index in [4.69, 9.17) is 9.72 Å². The number of hydrogen-bond donors (Lipinski definition) is 1. The molecule has 2 aromatic carbocycles. The van der Waals surface area contributed by atoms with Crippen LogP contribution in [0.1, 0.15) is 21.9 Å². The summed E-state index contributed by atoms with van der Waals surface area (Å²) in [4.78, 5) is 17.8. The molecule has 6 nitrogen and oxygen atoms in total. The summed E-state index contributed by atoms with van der Waals surface area (Å²) in [5.41, 5.74) is 4.49. The summed E-state index contributed by atoms with van der Waals surface area (Å²) in [7, 11) is 5.31. The number of ketones is 1. The molecule has 0 atom stereocenters. The number of rotatable bonds is 5. The monoisotopic (exact) mass is 478 g/mol. The van der Waals surface area contributed by atoms with Gasteiger partial charge in [0.05, 0.1) is 35.1 Å². The van der Waals surface area contributed by atoms with Crippen LogP contribution in [0.2, 0.25) is 0 Å². The number of fused-ring (bicyclic) bond motifs is 2. The lowest BCUT2D eigenvalue weighted by Gasteiger charge is -2.17. The average Bonchev–Trinajstić information content (AvgIpc) is 3.41. The summed E-state index contributed by atoms with van der Waals surface area (Å²) in [5, 5.41) is 3.24. The second-order valence-electron chi connectivity index (χ2n) is 8.14. The van der Waals surface area contributed by atoms with Crippen LogP contribution >= 0.6 is 0 Å². The number of pyridine rings is 1. The Kier molecular flexibility index (Phi) is 5.27. The van der Waals surface area contributed by atoms with Gasteiger partial charge in [0.25, 0.3) is 0 Å². The van der Waals surface area contributed by atoms with Crippen molar-refractivity contribution in [3.05, 3.63) is 83.2 Å². The van der Waals surface area contributed by atoms with Crippen molar-refractivity contribution in [3.8, 4) is 16.9 Å². The van der Waals surface area contributed by atoms with Crippen LogP contribution in [-0.4, -0.2) is 33.9 Å². The third-order valence-corrected chi connectivity index (χ3v) is 6.27. The van der Waals surface area contributed by atoms with E-state index in [0.717, 1.165) is 33.7 Å². The highest BCUT2D eigenvalue weighted by molar-refractivity contribution is 6.10. The van der Waals surface area contributed by atoms with E-state index in [9.17, 15) is 18.0 Å². The number of carbonyl (C=O) groups is 1. The van der Waals surface area contributed by atoms with E-state index in [1.54, 1.807) is 43.0 Å². The maximum absolute atomic E-state index is 13.8. The van der Waals surface area contributed by atoms with Crippen molar-refractivity contribution in [2.75, 3.05) is 19.5 Å². The van der Waals surface area contributed by atoms with E-state index in [-0.39, 0.29) is 11.3 Å². The number of aryl methyl sites for hydroxylation is 2. The molecular formula is C26H21F3N4O2. The number of nitrogens with zero attached hydrogens (tertiary/aromatic N) is 3. The largest absolute Gasteiger partial charge is 0.496 e. The first-order chi connectivity index (χ1) is 16.8. The van der Waals surface area contributed by atoms with Gasteiger partial charge in [-0.2, -0.15) is 0 Å². The number of anilines is 1. The van der Waals surface area contributed by atoms with Gasteiger partial charge in [-0.05, 0) is 37.3 Å². The number of nitrogens with one attached hydrogen (secondary N) is 1. The van der Waals surface area contributed by atoms with Gasteiger partial charge in [0.2, 0.25) is 5.78 Å². The van der Waals surface area contributed by atoms with Gasteiger partial charge >= 0.3 is 0 Å². The number of ether oxygens (including phenoxy) is 1. The molecule has 0 aliphatic carbocycles. The third kappa shape index (κ3) is 3.34. The van der Waals surface area contributed by atoms with E-state index >= 15 is 0 Å². The fourth-order valence-corrected chi connectivity index (χ4v) is 4.46. The first kappa shape index (κ1) is 22.5. The van der Waals surface area contributed by atoms with Crippen LogP contribution in [0.4, 0.5) is 18.9 Å². The Bertz CT molecular complexity index is 1630. The van der Waals surface area contributed by atoms with Gasteiger partial charge < -0.3 is 19.0 Å². The van der Waals surface area contributed by atoms with Crippen molar-refractivity contribution < 1.29 is 22.7 Å². The quantitative estimate of drug-likeness (QED) is 0.268. The predicted octanol–water partition coefficient (Wildman–Crippen LogP) is 5.50. The lowest BCUT2D eigenvalue weighted by Crippen LogP contribution is -2.08. The van der Waals surface area contributed by atoms with Crippen LogP contribution < -0.4 is 10.1 Å². The smallest absolute Gasteiger partial charge is 0.209 e. The van der Waals surface area contributed by atoms with Gasteiger partial charge in [0, 0.05) is 37.5 Å². The molecule has 0 saturated heterocycles. The zero-order valence-electron chi connectivity index (χ0n) is 19.4. The van der Waals surface area contributed by atoms with Gasteiger partial charge in [-0.3, -0.25) is 4.79 Å². The molecule has 0 aliphatic rings. The normalized spacial score (nSPS) is 11.4. The molecule has 0 saturated carbocycles. The number of methoxy groups -OCH3 is 1. The van der Waals surface area contributed by atoms with Crippen LogP contribution in [0, 0.1) is 24.4 Å². The van der Waals surface area contributed by atoms with Crippen molar-refractivity contribution in [1.82, 2.24) is 14.0 Å². The van der Waals surface area contributed by atoms with E-state index in [0.29, 0.717) is 23.4 Å². The minimum Gasteiger partial charge on any atom is -0.496 e. The van der Waals surface area contributed by atoms with E-state index in [1.165, 1.54) is 0 Å². The topological polar surface area (TPSA) is 60.6 Å². The second kappa shape index (κ2) is 8.19. The molecule has 0 spiro atoms. The molecule has 5 aromatic rings. The van der Waals surface area contributed by atoms with Crippen LogP contribution in [0.25, 0.3) is 27.7 Å². The van der Waals surface area contributed by atoms with Gasteiger partial charge in [0.15, 0.2) is 17.5 Å². The second-order valence-corrected chi connectivity index (χ2v) is 8.14. The minimum atomic E-state index is -1.62. The Balaban J connectivity index is 1.74. The molecule has 0 unspecified atom stereocenters. The molecule has 0 fully saturated rings. The van der Waals surface area contributed by atoms with Crippen molar-refractivity contribution in [2.45, 2.75) is 6.92 Å². The van der Waals surface area contributed by atoms with Crippen molar-refractivity contribution in [1.29, 1.82) is 0 Å². The Labute approximate surface area is 198 Å². The highest BCUT2D eigenvalue weighted by Gasteiger charge is 2.23. The van der Waals surface area contributed by atoms with Crippen LogP contribution in [0.3, 0.4) is 0 Å². The summed E-state index contributed by atoms with van der Waals surface area (Å²) >= 11 is 0. The minimum absolute atomic E-state index is 0.173. The number of imidazole rings is 1. The standard InChI is InChI=1S/C26H21F3N4O2/c1-13-31-24-20(32(13)3)12-21(35-4)22(25(24)30-2)15-6-5-9-33-18(15)7-8-19(33)26(34)14-10-16(27)23(29)17(28)11-14/h5-12,30H,1-4H3. The summed E-state index contributed by atoms with van der Waals surface area (Å²) in [6, 6.07) is 10.3. The highest BCUT2D eigenvalue weighted by Crippen LogP contribution is 2.43. The first-order valence-corrected chi connectivity index (χ1v) is 10.8. The molecule has 5 rings (SSSR count). The van der Waals surface area contributed by atoms with Crippen LogP contribution in [-0.2, 0) is 7.05 Å². The summed E-state index contributed by atoms with van der Waals surface area (Å²) in [6.45, 7) is 1.92. The molecule has 0 bridgehead atoms. The Morgan fingerprint density at radius 2 is 1.77 bits per heavy atom. The molecule has 0 aliphatic heterocycles. The van der Waals surface area contributed by atoms with E-state index < -0.39 is 23.2 Å². The van der Waals surface area contributed by atoms with Gasteiger partial charge in [-0.25, -0.2) is 18.2 Å². The van der Waals surface area contributed by atoms with Crippen LogP contribution in [0.5, 0.6) is 5.75 Å². The molecule has 0 radical (unpaired) electrons. The number of aromatic nitrogens is 3. The van der Waals surface area contributed by atoms with Crippen LogP contribution in [0.15, 0.2) is 48.7 Å². The molecule has 3 aromatic heterocycles. The number of benzene rings is 2. The zero-order valence-corrected chi connectivity index (χ0v) is 19.4. The van der Waals surface area contributed by atoms with Crippen molar-refractivity contribution in [3.63, 3.8) is 0 Å². The Morgan fingerprint density at radius 3 is 2.43 bits per heavy atom. The molecule has 3 heterocycles. The fraction of sp³-hybridized carbons (Fsp3) is 0.154. The molecular weight excluding hydrogens is 457 g/mol. The number of hydrogen-bond acceptors (Lipinski definition) is 4. The summed E-state index contributed by atoms with van der Waals surface area (Å²) in [6.07, 6.45) is 1.68. The van der Waals surface area contributed by atoms with E-state index in [2.05, 4.69) is 5.32 Å². The molecule has 0 amide bonds. The zero-order chi connectivity index (χ0) is 25.0. The van der Waals surface area contributed by atoms with Crippen molar-refractivity contribution >= 4 is 28.0 Å². The summed E-state index contributed by atoms with van der Waals surface area (Å²) < 4.78 is 50.3. The molecule has 1 N–H and O–H groups in total. The average molecular weight is 478 g/mol.